The molecule has 1 amide bonds. The molecule has 15 heavy (non-hydrogen) atoms. The average Bonchev–Trinajstić information content (AvgIpc) is 2.75. The van der Waals surface area contributed by atoms with Crippen LogP contribution >= 0.6 is 27.3 Å². The molecule has 1 N–H and O–H groups in total. The summed E-state index contributed by atoms with van der Waals surface area (Å²) in [6, 6.07) is 1.57. The zero-order valence-corrected chi connectivity index (χ0v) is 10.1. The van der Waals surface area contributed by atoms with Gasteiger partial charge in [0, 0.05) is 6.07 Å². The number of amides is 1. The zero-order valence-electron chi connectivity index (χ0n) is 7.65. The number of aromatic nitrogens is 2. The van der Waals surface area contributed by atoms with Gasteiger partial charge < -0.3 is 4.52 Å². The first-order valence-electron chi connectivity index (χ1n) is 4.01. The predicted octanol–water partition coefficient (Wildman–Crippen LogP) is 2.45. The Kier molecular flexibility index (Phi) is 2.83. The average molecular weight is 288 g/mol. The quantitative estimate of drug-likeness (QED) is 0.921. The molecule has 0 saturated carbocycles. The molecule has 0 spiro atoms. The fourth-order valence-corrected chi connectivity index (χ4v) is 2.04. The Labute approximate surface area is 97.6 Å². The van der Waals surface area contributed by atoms with Crippen LogP contribution in [0, 0.1) is 6.92 Å². The Morgan fingerprint density at radius 3 is 3.00 bits per heavy atom. The molecular formula is C8H6BrN3O2S. The summed E-state index contributed by atoms with van der Waals surface area (Å²) in [5.74, 6) is -0.170. The second-order valence-electron chi connectivity index (χ2n) is 2.76. The number of carbonyl (C=O) groups excluding carboxylic acids is 1. The van der Waals surface area contributed by atoms with E-state index < -0.39 is 0 Å². The van der Waals surface area contributed by atoms with Crippen molar-refractivity contribution in [2.75, 3.05) is 5.32 Å². The number of nitrogens with zero attached hydrogens (tertiary/aromatic N) is 2. The van der Waals surface area contributed by atoms with Crippen LogP contribution in [0.25, 0.3) is 0 Å². The summed E-state index contributed by atoms with van der Waals surface area (Å²) in [7, 11) is 0. The maximum Gasteiger partial charge on any atom is 0.296 e. The zero-order chi connectivity index (χ0) is 10.8. The van der Waals surface area contributed by atoms with Gasteiger partial charge >= 0.3 is 0 Å². The molecule has 2 aromatic heterocycles. The molecule has 2 aromatic rings. The maximum atomic E-state index is 11.5. The number of nitrogens with one attached hydrogen (secondary N) is 1. The van der Waals surface area contributed by atoms with Crippen molar-refractivity contribution in [1.29, 1.82) is 0 Å². The van der Waals surface area contributed by atoms with Gasteiger partial charge in [-0.1, -0.05) is 16.5 Å². The van der Waals surface area contributed by atoms with Gasteiger partial charge in [-0.2, -0.15) is 0 Å². The van der Waals surface area contributed by atoms with Gasteiger partial charge in [0.1, 0.15) is 0 Å². The van der Waals surface area contributed by atoms with E-state index >= 15 is 0 Å². The molecule has 2 heterocycles. The van der Waals surface area contributed by atoms with Gasteiger partial charge in [0.05, 0.1) is 15.7 Å². The van der Waals surface area contributed by atoms with Crippen LogP contribution in [-0.4, -0.2) is 16.0 Å². The monoisotopic (exact) mass is 287 g/mol. The highest BCUT2D eigenvalue weighted by Crippen LogP contribution is 2.23. The predicted molar refractivity (Wildman–Crippen MR) is 59.0 cm³/mol. The van der Waals surface area contributed by atoms with Crippen molar-refractivity contribution in [2.24, 2.45) is 0 Å². The molecular weight excluding hydrogens is 282 g/mol. The van der Waals surface area contributed by atoms with Gasteiger partial charge in [-0.25, -0.2) is 4.98 Å². The van der Waals surface area contributed by atoms with E-state index in [9.17, 15) is 4.79 Å². The van der Waals surface area contributed by atoms with Crippen molar-refractivity contribution in [3.63, 3.8) is 0 Å². The van der Waals surface area contributed by atoms with E-state index in [2.05, 4.69) is 31.4 Å². The molecule has 0 fully saturated rings. The lowest BCUT2D eigenvalue weighted by Crippen LogP contribution is -2.10. The molecule has 5 nitrogen and oxygen atoms in total. The summed E-state index contributed by atoms with van der Waals surface area (Å²) in [6.45, 7) is 1.75. The van der Waals surface area contributed by atoms with E-state index in [0.717, 1.165) is 3.79 Å². The Morgan fingerprint density at radius 2 is 2.47 bits per heavy atom. The first kappa shape index (κ1) is 10.3. The molecule has 2 rings (SSSR count). The fourth-order valence-electron chi connectivity index (χ4n) is 0.942. The molecule has 0 atom stereocenters. The number of aryl methyl sites for hydroxylation is 1. The third kappa shape index (κ3) is 2.42. The lowest BCUT2D eigenvalue weighted by atomic mass is 10.4. The van der Waals surface area contributed by atoms with Crippen LogP contribution in [0.1, 0.15) is 16.2 Å². The number of anilines is 1. The minimum absolute atomic E-state index is 0.179. The Balaban J connectivity index is 2.10. The van der Waals surface area contributed by atoms with E-state index in [4.69, 9.17) is 4.52 Å². The van der Waals surface area contributed by atoms with Gasteiger partial charge in [0.15, 0.2) is 5.13 Å². The number of hydrogen-bond donors (Lipinski definition) is 1. The highest BCUT2D eigenvalue weighted by molar-refractivity contribution is 9.11. The molecule has 0 unspecified atom stereocenters. The third-order valence-corrected chi connectivity index (χ3v) is 2.94. The van der Waals surface area contributed by atoms with Gasteiger partial charge in [-0.05, 0) is 22.9 Å². The van der Waals surface area contributed by atoms with Crippen molar-refractivity contribution >= 4 is 38.3 Å². The van der Waals surface area contributed by atoms with Crippen LogP contribution in [0.3, 0.4) is 0 Å². The number of halogens is 1. The van der Waals surface area contributed by atoms with Crippen molar-refractivity contribution in [2.45, 2.75) is 6.92 Å². The second kappa shape index (κ2) is 4.11. The number of rotatable bonds is 2. The summed E-state index contributed by atoms with van der Waals surface area (Å²) < 4.78 is 5.66. The van der Waals surface area contributed by atoms with Crippen LogP contribution in [0.5, 0.6) is 0 Å². The topological polar surface area (TPSA) is 68.0 Å². The SMILES string of the molecule is Cc1cc(C(=O)Nc2ncc(Br)s2)on1. The van der Waals surface area contributed by atoms with E-state index in [-0.39, 0.29) is 11.7 Å². The summed E-state index contributed by atoms with van der Waals surface area (Å²) in [6.07, 6.45) is 1.62. The van der Waals surface area contributed by atoms with Gasteiger partial charge in [-0.15, -0.1) is 0 Å². The second-order valence-corrected chi connectivity index (χ2v) is 5.17. The molecule has 0 bridgehead atoms. The normalized spacial score (nSPS) is 10.3. The van der Waals surface area contributed by atoms with Crippen molar-refractivity contribution in [1.82, 2.24) is 10.1 Å². The van der Waals surface area contributed by atoms with Crippen molar-refractivity contribution in [3.05, 3.63) is 27.5 Å². The van der Waals surface area contributed by atoms with Gasteiger partial charge in [0.25, 0.3) is 5.91 Å². The Hall–Kier alpha value is -1.21. The van der Waals surface area contributed by atoms with Crippen LogP contribution in [0.2, 0.25) is 0 Å². The van der Waals surface area contributed by atoms with Crippen molar-refractivity contribution in [3.8, 4) is 0 Å². The summed E-state index contributed by atoms with van der Waals surface area (Å²) in [5.41, 5.74) is 0.667. The molecule has 0 aliphatic carbocycles. The standard InChI is InChI=1S/C8H6BrN3O2S/c1-4-2-5(14-12-4)7(13)11-8-10-3-6(9)15-8/h2-3H,1H3,(H,10,11,13). The lowest BCUT2D eigenvalue weighted by molar-refractivity contribution is 0.0988. The third-order valence-electron chi connectivity index (χ3n) is 1.55. The fraction of sp³-hybridized carbons (Fsp3) is 0.125. The number of carbonyl (C=O) groups is 1. The minimum Gasteiger partial charge on any atom is -0.351 e. The maximum absolute atomic E-state index is 11.5. The Morgan fingerprint density at radius 1 is 1.67 bits per heavy atom. The largest absolute Gasteiger partial charge is 0.351 e. The summed E-state index contributed by atoms with van der Waals surface area (Å²) in [4.78, 5) is 15.5. The smallest absolute Gasteiger partial charge is 0.296 e. The van der Waals surface area contributed by atoms with E-state index in [1.165, 1.54) is 11.3 Å². The van der Waals surface area contributed by atoms with Crippen LogP contribution in [-0.2, 0) is 0 Å². The Bertz CT molecular complexity index is 494. The van der Waals surface area contributed by atoms with Gasteiger partial charge in [-0.3, -0.25) is 10.1 Å². The van der Waals surface area contributed by atoms with E-state index in [1.807, 2.05) is 0 Å². The van der Waals surface area contributed by atoms with Crippen LogP contribution in [0.15, 0.2) is 20.6 Å². The molecule has 0 aliphatic heterocycles. The van der Waals surface area contributed by atoms with Crippen LogP contribution in [0.4, 0.5) is 5.13 Å². The minimum atomic E-state index is -0.350. The summed E-state index contributed by atoms with van der Waals surface area (Å²) in [5, 5.41) is 6.73. The van der Waals surface area contributed by atoms with Crippen molar-refractivity contribution < 1.29 is 9.32 Å². The molecule has 0 aromatic carbocycles. The lowest BCUT2D eigenvalue weighted by Gasteiger charge is -1.95. The van der Waals surface area contributed by atoms with E-state index in [0.29, 0.717) is 10.8 Å². The molecule has 0 saturated heterocycles. The number of hydrogen-bond acceptors (Lipinski definition) is 5. The molecule has 78 valence electrons. The molecule has 0 aliphatic rings. The summed E-state index contributed by atoms with van der Waals surface area (Å²) >= 11 is 4.58. The number of thiazole rings is 1. The first-order chi connectivity index (χ1) is 7.15. The first-order valence-corrected chi connectivity index (χ1v) is 5.62. The van der Waals surface area contributed by atoms with Crippen LogP contribution < -0.4 is 5.32 Å². The molecule has 0 radical (unpaired) electrons. The molecule has 7 heteroatoms. The highest BCUT2D eigenvalue weighted by atomic mass is 79.9. The van der Waals surface area contributed by atoms with E-state index in [1.54, 1.807) is 19.2 Å². The van der Waals surface area contributed by atoms with Gasteiger partial charge in [0.2, 0.25) is 5.76 Å². The highest BCUT2D eigenvalue weighted by Gasteiger charge is 2.13.